The third kappa shape index (κ3) is 2.30. The van der Waals surface area contributed by atoms with Crippen molar-refractivity contribution in [3.8, 4) is 0 Å². The van der Waals surface area contributed by atoms with E-state index in [1.807, 2.05) is 19.9 Å². The van der Waals surface area contributed by atoms with Crippen LogP contribution in [0.15, 0.2) is 30.5 Å². The van der Waals surface area contributed by atoms with Gasteiger partial charge in [0, 0.05) is 49.7 Å². The molecule has 1 N–H and O–H groups in total. The van der Waals surface area contributed by atoms with Crippen molar-refractivity contribution in [1.82, 2.24) is 4.98 Å². The standard InChI is InChI=1S/C22H27N3O2/c1-15-19(26)20(2)14-22(27-15)11-9-21(10-12-22,25(20)23)8-7-16-13-24-18-6-4-3-5-17(16)18/h3-6,13,15,24H,7-12,14H2,1-2H3. The molecule has 0 radical (unpaired) electrons. The number of Topliss-reactive ketones (excluding diaryl/α,β-unsaturated/α-hetero) is 1. The molecule has 1 spiro atoms. The lowest BCUT2D eigenvalue weighted by atomic mass is 9.71. The van der Waals surface area contributed by atoms with Gasteiger partial charge in [-0.15, -0.1) is 0 Å². The number of hydrogen-bond donors (Lipinski definition) is 1. The van der Waals surface area contributed by atoms with Crippen LogP contribution in [0.2, 0.25) is 0 Å². The van der Waals surface area contributed by atoms with Crippen molar-refractivity contribution in [2.75, 3.05) is 0 Å². The van der Waals surface area contributed by atoms with E-state index in [0.29, 0.717) is 6.42 Å². The van der Waals surface area contributed by atoms with Gasteiger partial charge in [-0.2, -0.15) is 0 Å². The SMILES string of the molecule is CC1OC23CCC(CCc4c[nH]c5ccccc45)(CC2)[N+](=[N-])C(C)(C3)C1=O. The number of carbonyl (C=O) groups excluding carboxylic acids is 1. The Morgan fingerprint density at radius 1 is 1.26 bits per heavy atom. The molecule has 142 valence electrons. The Morgan fingerprint density at radius 3 is 2.78 bits per heavy atom. The molecule has 5 heteroatoms. The van der Waals surface area contributed by atoms with E-state index >= 15 is 0 Å². The van der Waals surface area contributed by atoms with Gasteiger partial charge in [0.25, 0.3) is 0 Å². The summed E-state index contributed by atoms with van der Waals surface area (Å²) in [6.45, 7) is 3.76. The van der Waals surface area contributed by atoms with Crippen LogP contribution in [0.1, 0.15) is 57.9 Å². The summed E-state index contributed by atoms with van der Waals surface area (Å²) in [5.41, 5.74) is 12.4. The topological polar surface area (TPSA) is 67.4 Å². The summed E-state index contributed by atoms with van der Waals surface area (Å²) in [6.07, 6.45) is 7.57. The molecule has 6 rings (SSSR count). The summed E-state index contributed by atoms with van der Waals surface area (Å²) in [7, 11) is 0. The molecule has 2 aromatic rings. The van der Waals surface area contributed by atoms with Crippen molar-refractivity contribution in [3.63, 3.8) is 0 Å². The largest absolute Gasteiger partial charge is 0.505 e. The molecule has 2 unspecified atom stereocenters. The van der Waals surface area contributed by atoms with Crippen molar-refractivity contribution in [3.05, 3.63) is 41.6 Å². The van der Waals surface area contributed by atoms with Crippen molar-refractivity contribution >= 4 is 16.7 Å². The second kappa shape index (κ2) is 5.51. The molecule has 1 aromatic heterocycles. The number of aromatic nitrogens is 1. The molecule has 2 atom stereocenters. The minimum atomic E-state index is -0.842. The van der Waals surface area contributed by atoms with E-state index < -0.39 is 11.6 Å². The van der Waals surface area contributed by atoms with Crippen LogP contribution >= 0.6 is 0 Å². The fourth-order valence-electron chi connectivity index (χ4n) is 6.06. The Bertz CT molecular complexity index is 938. The van der Waals surface area contributed by atoms with Gasteiger partial charge < -0.3 is 19.9 Å². The summed E-state index contributed by atoms with van der Waals surface area (Å²) >= 11 is 0. The molecule has 3 aliphatic heterocycles. The zero-order chi connectivity index (χ0) is 18.9. The zero-order valence-electron chi connectivity index (χ0n) is 16.1. The number of H-pyrrole nitrogens is 1. The highest BCUT2D eigenvalue weighted by Gasteiger charge is 2.66. The first kappa shape index (κ1) is 17.1. The van der Waals surface area contributed by atoms with E-state index in [4.69, 9.17) is 4.74 Å². The lowest BCUT2D eigenvalue weighted by Crippen LogP contribution is -2.60. The van der Waals surface area contributed by atoms with Crippen molar-refractivity contribution < 1.29 is 14.2 Å². The molecule has 1 saturated carbocycles. The molecule has 0 amide bonds. The van der Waals surface area contributed by atoms with E-state index in [1.54, 1.807) is 0 Å². The summed E-state index contributed by atoms with van der Waals surface area (Å²) in [4.78, 5) is 16.3. The molecule has 3 bridgehead atoms. The number of ether oxygens (including phenoxy) is 1. The zero-order valence-corrected chi connectivity index (χ0v) is 16.1. The third-order valence-corrected chi connectivity index (χ3v) is 7.54. The number of benzene rings is 1. The van der Waals surface area contributed by atoms with Crippen molar-refractivity contribution in [2.45, 2.75) is 81.6 Å². The van der Waals surface area contributed by atoms with Gasteiger partial charge in [0.1, 0.15) is 6.10 Å². The first-order valence-electron chi connectivity index (χ1n) is 10.1. The van der Waals surface area contributed by atoms with Crippen LogP contribution < -0.4 is 0 Å². The number of carbonyl (C=O) groups is 1. The van der Waals surface area contributed by atoms with Crippen LogP contribution in [0.4, 0.5) is 0 Å². The maximum atomic E-state index is 13.0. The van der Waals surface area contributed by atoms with E-state index in [2.05, 4.69) is 29.4 Å². The number of para-hydroxylation sites is 1. The Balaban J connectivity index is 1.49. The number of hydrogen-bond acceptors (Lipinski definition) is 2. The Labute approximate surface area is 159 Å². The highest BCUT2D eigenvalue weighted by molar-refractivity contribution is 5.91. The van der Waals surface area contributed by atoms with Crippen LogP contribution in [0.25, 0.3) is 16.4 Å². The Kier molecular flexibility index (Phi) is 3.49. The van der Waals surface area contributed by atoms with Crippen LogP contribution in [0.3, 0.4) is 0 Å². The summed E-state index contributed by atoms with van der Waals surface area (Å²) in [5.74, 6) is 0.0147. The first-order chi connectivity index (χ1) is 12.9. The van der Waals surface area contributed by atoms with E-state index in [0.717, 1.165) is 44.0 Å². The molecule has 4 aliphatic rings. The summed E-state index contributed by atoms with van der Waals surface area (Å²) in [6, 6.07) is 8.34. The van der Waals surface area contributed by atoms with Gasteiger partial charge in [0.15, 0.2) is 5.54 Å². The predicted octanol–water partition coefficient (Wildman–Crippen LogP) is 4.34. The first-order valence-corrected chi connectivity index (χ1v) is 10.1. The lowest BCUT2D eigenvalue weighted by Gasteiger charge is -2.43. The van der Waals surface area contributed by atoms with Crippen LogP contribution in [-0.2, 0) is 16.0 Å². The summed E-state index contributed by atoms with van der Waals surface area (Å²) < 4.78 is 7.66. The molecule has 1 aromatic carbocycles. The van der Waals surface area contributed by atoms with E-state index in [9.17, 15) is 10.3 Å². The van der Waals surface area contributed by atoms with Gasteiger partial charge in [-0.25, -0.2) is 0 Å². The maximum Gasteiger partial charge on any atom is 0.230 e. The van der Waals surface area contributed by atoms with Crippen LogP contribution in [0, 0.1) is 0 Å². The summed E-state index contributed by atoms with van der Waals surface area (Å²) in [5, 5.41) is 1.25. The molecular formula is C22H27N3O2. The van der Waals surface area contributed by atoms with Crippen LogP contribution in [0.5, 0.6) is 0 Å². The van der Waals surface area contributed by atoms with Crippen molar-refractivity contribution in [1.29, 1.82) is 0 Å². The van der Waals surface area contributed by atoms with Gasteiger partial charge >= 0.3 is 0 Å². The monoisotopic (exact) mass is 365 g/mol. The number of fused-ring (bicyclic) bond motifs is 3. The van der Waals surface area contributed by atoms with Crippen molar-refractivity contribution in [2.24, 2.45) is 0 Å². The molecule has 4 fully saturated rings. The average molecular weight is 365 g/mol. The number of nitrogens with one attached hydrogen (secondary N) is 1. The normalized spacial score (nSPS) is 38.4. The molecule has 4 heterocycles. The minimum absolute atomic E-state index is 0.0147. The van der Waals surface area contributed by atoms with Gasteiger partial charge in [0.2, 0.25) is 11.3 Å². The second-order valence-electron chi connectivity index (χ2n) is 9.15. The second-order valence-corrected chi connectivity index (χ2v) is 9.15. The van der Waals surface area contributed by atoms with Crippen LogP contribution in [-0.4, -0.2) is 38.2 Å². The minimum Gasteiger partial charge on any atom is -0.505 e. The van der Waals surface area contributed by atoms with Gasteiger partial charge in [-0.05, 0) is 37.8 Å². The van der Waals surface area contributed by atoms with Gasteiger partial charge in [-0.1, -0.05) is 18.2 Å². The van der Waals surface area contributed by atoms with E-state index in [1.165, 1.54) is 15.6 Å². The molecule has 1 aliphatic carbocycles. The third-order valence-electron chi connectivity index (χ3n) is 7.54. The molecule has 27 heavy (non-hydrogen) atoms. The molecule has 5 nitrogen and oxygen atoms in total. The fourth-order valence-corrected chi connectivity index (χ4v) is 6.06. The quantitative estimate of drug-likeness (QED) is 0.822. The smallest absolute Gasteiger partial charge is 0.230 e. The van der Waals surface area contributed by atoms with E-state index in [-0.39, 0.29) is 16.9 Å². The van der Waals surface area contributed by atoms with Gasteiger partial charge in [0.05, 0.1) is 5.60 Å². The Morgan fingerprint density at radius 2 is 2.00 bits per heavy atom. The number of aryl methyl sites for hydroxylation is 1. The highest BCUT2D eigenvalue weighted by atomic mass is 16.5. The average Bonchev–Trinajstić information content (AvgIpc) is 3.03. The lowest BCUT2D eigenvalue weighted by molar-refractivity contribution is -0.678. The van der Waals surface area contributed by atoms with Gasteiger partial charge in [-0.3, -0.25) is 4.79 Å². The number of rotatable bonds is 3. The molecular weight excluding hydrogens is 338 g/mol. The number of aromatic amines is 1. The molecule has 3 saturated heterocycles. The fraction of sp³-hybridized carbons (Fsp3) is 0.591. The predicted molar refractivity (Wildman–Crippen MR) is 103 cm³/mol. The number of ketones is 1. The highest BCUT2D eigenvalue weighted by Crippen LogP contribution is 2.54. The number of nitrogens with zero attached hydrogens (tertiary/aromatic N) is 2. The maximum absolute atomic E-state index is 13.0. The Hall–Kier alpha value is -2.01.